The number of amides is 1. The van der Waals surface area contributed by atoms with E-state index in [0.29, 0.717) is 18.0 Å². The van der Waals surface area contributed by atoms with Crippen LogP contribution in [-0.4, -0.2) is 48.3 Å². The Morgan fingerprint density at radius 2 is 2.05 bits per heavy atom. The number of rotatable bonds is 5. The summed E-state index contributed by atoms with van der Waals surface area (Å²) < 4.78 is 5.52. The number of ether oxygens (including phenoxy) is 1. The van der Waals surface area contributed by atoms with Gasteiger partial charge in [-0.1, -0.05) is 6.42 Å². The van der Waals surface area contributed by atoms with Crippen molar-refractivity contribution in [3.8, 4) is 0 Å². The van der Waals surface area contributed by atoms with Gasteiger partial charge in [-0.25, -0.2) is 4.79 Å². The summed E-state index contributed by atoms with van der Waals surface area (Å²) in [6.07, 6.45) is 6.80. The summed E-state index contributed by atoms with van der Waals surface area (Å²) in [5.41, 5.74) is 5.41. The van der Waals surface area contributed by atoms with Crippen molar-refractivity contribution in [1.82, 2.24) is 10.2 Å². The lowest BCUT2D eigenvalue weighted by molar-refractivity contribution is 0.0220. The fraction of sp³-hybridized carbons (Fsp3) is 0.941. The number of nitrogens with zero attached hydrogens (tertiary/aromatic N) is 1. The molecular weight excluding hydrogens is 278 g/mol. The summed E-state index contributed by atoms with van der Waals surface area (Å²) in [6, 6.07) is 0.890. The highest BCUT2D eigenvalue weighted by Crippen LogP contribution is 2.26. The Morgan fingerprint density at radius 1 is 1.27 bits per heavy atom. The zero-order valence-corrected chi connectivity index (χ0v) is 14.4. The van der Waals surface area contributed by atoms with Crippen molar-refractivity contribution in [2.24, 2.45) is 11.7 Å². The summed E-state index contributed by atoms with van der Waals surface area (Å²) in [5, 5.41) is 3.66. The van der Waals surface area contributed by atoms with Crippen LogP contribution in [0.3, 0.4) is 0 Å². The molecule has 1 amide bonds. The summed E-state index contributed by atoms with van der Waals surface area (Å²) in [6.45, 7) is 8.34. The molecule has 22 heavy (non-hydrogen) atoms. The van der Waals surface area contributed by atoms with Crippen molar-refractivity contribution in [2.75, 3.05) is 19.6 Å². The minimum atomic E-state index is -0.416. The van der Waals surface area contributed by atoms with Gasteiger partial charge in [0.1, 0.15) is 5.60 Å². The minimum Gasteiger partial charge on any atom is -0.444 e. The topological polar surface area (TPSA) is 67.6 Å². The molecule has 0 aromatic carbocycles. The maximum absolute atomic E-state index is 12.3. The van der Waals surface area contributed by atoms with Gasteiger partial charge >= 0.3 is 6.09 Å². The molecule has 1 saturated carbocycles. The second kappa shape index (κ2) is 7.64. The second-order valence-corrected chi connectivity index (χ2v) is 7.75. The third-order valence-corrected chi connectivity index (χ3v) is 4.85. The van der Waals surface area contributed by atoms with Crippen LogP contribution < -0.4 is 11.1 Å². The molecule has 1 aliphatic heterocycles. The molecule has 2 fully saturated rings. The molecule has 1 saturated heterocycles. The monoisotopic (exact) mass is 311 g/mol. The van der Waals surface area contributed by atoms with Gasteiger partial charge < -0.3 is 20.7 Å². The van der Waals surface area contributed by atoms with Crippen LogP contribution in [0.15, 0.2) is 0 Å². The molecular formula is C17H33N3O2. The van der Waals surface area contributed by atoms with Gasteiger partial charge in [-0.15, -0.1) is 0 Å². The Kier molecular flexibility index (Phi) is 6.09. The maximum Gasteiger partial charge on any atom is 0.410 e. The normalized spacial score (nSPS) is 29.1. The quantitative estimate of drug-likeness (QED) is 0.818. The first-order chi connectivity index (χ1) is 10.4. The zero-order chi connectivity index (χ0) is 16.2. The van der Waals surface area contributed by atoms with Gasteiger partial charge in [0, 0.05) is 18.6 Å². The molecule has 128 valence electrons. The van der Waals surface area contributed by atoms with Crippen LogP contribution in [0.1, 0.15) is 59.3 Å². The number of carbonyl (C=O) groups excluding carboxylic acids is 1. The van der Waals surface area contributed by atoms with Gasteiger partial charge in [0.2, 0.25) is 0 Å². The lowest BCUT2D eigenvalue weighted by atomic mass is 10.0. The molecule has 2 rings (SSSR count). The highest BCUT2D eigenvalue weighted by atomic mass is 16.6. The lowest BCUT2D eigenvalue weighted by Crippen LogP contribution is -2.42. The molecule has 5 heteroatoms. The third kappa shape index (κ3) is 4.85. The number of nitrogens with two attached hydrogens (primary N) is 1. The van der Waals surface area contributed by atoms with Crippen LogP contribution in [-0.2, 0) is 4.74 Å². The van der Waals surface area contributed by atoms with E-state index in [9.17, 15) is 4.79 Å². The van der Waals surface area contributed by atoms with Gasteiger partial charge in [-0.2, -0.15) is 0 Å². The average molecular weight is 311 g/mol. The SMILES string of the molecule is CC(C)(C)OC(=O)N1CCCC1CCNC1CCCC1CN. The van der Waals surface area contributed by atoms with Crippen LogP contribution in [0, 0.1) is 5.92 Å². The van der Waals surface area contributed by atoms with Crippen molar-refractivity contribution in [3.05, 3.63) is 0 Å². The fourth-order valence-electron chi connectivity index (χ4n) is 3.72. The largest absolute Gasteiger partial charge is 0.444 e. The molecule has 3 N–H and O–H groups in total. The Balaban J connectivity index is 1.75. The lowest BCUT2D eigenvalue weighted by Gasteiger charge is -2.29. The van der Waals surface area contributed by atoms with Gasteiger partial charge in [0.05, 0.1) is 0 Å². The molecule has 0 radical (unpaired) electrons. The predicted molar refractivity (Wildman–Crippen MR) is 88.8 cm³/mol. The molecule has 3 unspecified atom stereocenters. The van der Waals surface area contributed by atoms with E-state index < -0.39 is 5.60 Å². The highest BCUT2D eigenvalue weighted by Gasteiger charge is 2.32. The van der Waals surface area contributed by atoms with E-state index in [1.54, 1.807) is 0 Å². The van der Waals surface area contributed by atoms with Gasteiger partial charge in [-0.3, -0.25) is 0 Å². The Hall–Kier alpha value is -0.810. The van der Waals surface area contributed by atoms with Crippen molar-refractivity contribution < 1.29 is 9.53 Å². The second-order valence-electron chi connectivity index (χ2n) is 7.75. The van der Waals surface area contributed by atoms with E-state index in [4.69, 9.17) is 10.5 Å². The van der Waals surface area contributed by atoms with Crippen molar-refractivity contribution in [1.29, 1.82) is 0 Å². The number of hydrogen-bond donors (Lipinski definition) is 2. The number of carbonyl (C=O) groups is 1. The van der Waals surface area contributed by atoms with E-state index >= 15 is 0 Å². The van der Waals surface area contributed by atoms with Gasteiger partial charge in [0.15, 0.2) is 0 Å². The maximum atomic E-state index is 12.3. The van der Waals surface area contributed by atoms with Gasteiger partial charge in [-0.05, 0) is 71.9 Å². The first kappa shape index (κ1) is 17.5. The molecule has 5 nitrogen and oxygen atoms in total. The smallest absolute Gasteiger partial charge is 0.410 e. The molecule has 1 aliphatic carbocycles. The summed E-state index contributed by atoms with van der Waals surface area (Å²) in [5.74, 6) is 0.630. The summed E-state index contributed by atoms with van der Waals surface area (Å²) in [7, 11) is 0. The first-order valence-electron chi connectivity index (χ1n) is 8.84. The van der Waals surface area contributed by atoms with Crippen LogP contribution >= 0.6 is 0 Å². The molecule has 0 aromatic heterocycles. The Morgan fingerprint density at radius 3 is 2.73 bits per heavy atom. The predicted octanol–water partition coefficient (Wildman–Crippen LogP) is 2.49. The van der Waals surface area contributed by atoms with E-state index in [-0.39, 0.29) is 6.09 Å². The standard InChI is InChI=1S/C17H33N3O2/c1-17(2,3)22-16(21)20-11-5-7-14(20)9-10-19-15-8-4-6-13(15)12-18/h13-15,19H,4-12,18H2,1-3H3. The molecule has 3 atom stereocenters. The Labute approximate surface area is 134 Å². The van der Waals surface area contributed by atoms with Crippen LogP contribution in [0.5, 0.6) is 0 Å². The fourth-order valence-corrected chi connectivity index (χ4v) is 3.72. The van der Waals surface area contributed by atoms with Crippen molar-refractivity contribution in [2.45, 2.75) is 77.0 Å². The van der Waals surface area contributed by atoms with Crippen LogP contribution in [0.25, 0.3) is 0 Å². The average Bonchev–Trinajstić information content (AvgIpc) is 3.05. The van der Waals surface area contributed by atoms with E-state index in [1.807, 2.05) is 25.7 Å². The molecule has 0 spiro atoms. The van der Waals surface area contributed by atoms with E-state index in [1.165, 1.54) is 19.3 Å². The molecule has 1 heterocycles. The number of nitrogens with one attached hydrogen (secondary N) is 1. The molecule has 2 aliphatic rings. The molecule has 0 bridgehead atoms. The van der Waals surface area contributed by atoms with Crippen LogP contribution in [0.4, 0.5) is 4.79 Å². The highest BCUT2D eigenvalue weighted by molar-refractivity contribution is 5.68. The van der Waals surface area contributed by atoms with Gasteiger partial charge in [0.25, 0.3) is 0 Å². The number of hydrogen-bond acceptors (Lipinski definition) is 4. The first-order valence-corrected chi connectivity index (χ1v) is 8.84. The van der Waals surface area contributed by atoms with Crippen molar-refractivity contribution >= 4 is 6.09 Å². The summed E-state index contributed by atoms with van der Waals surface area (Å²) in [4.78, 5) is 14.2. The minimum absolute atomic E-state index is 0.157. The summed E-state index contributed by atoms with van der Waals surface area (Å²) >= 11 is 0. The van der Waals surface area contributed by atoms with E-state index in [0.717, 1.165) is 38.9 Å². The zero-order valence-electron chi connectivity index (χ0n) is 14.4. The van der Waals surface area contributed by atoms with E-state index in [2.05, 4.69) is 5.32 Å². The van der Waals surface area contributed by atoms with Crippen molar-refractivity contribution in [3.63, 3.8) is 0 Å². The molecule has 0 aromatic rings. The Bertz CT molecular complexity index is 367. The number of likely N-dealkylation sites (tertiary alicyclic amines) is 1. The third-order valence-electron chi connectivity index (χ3n) is 4.85. The van der Waals surface area contributed by atoms with Crippen LogP contribution in [0.2, 0.25) is 0 Å².